The maximum Gasteiger partial charge on any atom is 0.387 e. The Morgan fingerprint density at radius 1 is 1.18 bits per heavy atom. The number of ether oxygens (including phenoxy) is 1. The molecule has 3 aromatic rings. The summed E-state index contributed by atoms with van der Waals surface area (Å²) in [7, 11) is 3.29. The van der Waals surface area contributed by atoms with Crippen LogP contribution in [0.15, 0.2) is 58.5 Å². The van der Waals surface area contributed by atoms with Crippen molar-refractivity contribution in [2.45, 2.75) is 11.8 Å². The minimum atomic E-state index is -2.93. The number of hydrogen-bond donors (Lipinski definition) is 0. The lowest BCUT2D eigenvalue weighted by atomic mass is 10.2. The fraction of sp³-hybridized carbons (Fsp3) is 0.211. The zero-order valence-corrected chi connectivity index (χ0v) is 16.0. The molecule has 0 aliphatic heterocycles. The summed E-state index contributed by atoms with van der Waals surface area (Å²) in [5.41, 5.74) is 0.638. The van der Waals surface area contributed by atoms with Crippen LogP contribution in [-0.2, 0) is 4.79 Å². The molecular formula is C19H17F2N3O3S. The van der Waals surface area contributed by atoms with Gasteiger partial charge < -0.3 is 9.64 Å². The molecule has 9 heteroatoms. The van der Waals surface area contributed by atoms with Crippen LogP contribution in [0.25, 0.3) is 16.6 Å². The topological polar surface area (TPSA) is 64.4 Å². The fourth-order valence-electron chi connectivity index (χ4n) is 2.47. The molecule has 0 atom stereocenters. The second-order valence-electron chi connectivity index (χ2n) is 6.00. The third kappa shape index (κ3) is 4.30. The van der Waals surface area contributed by atoms with Crippen LogP contribution >= 0.6 is 11.8 Å². The summed E-state index contributed by atoms with van der Waals surface area (Å²) in [6, 6.07) is 12.6. The maximum atomic E-state index is 13.1. The number of thioether (sulfide) groups is 1. The zero-order chi connectivity index (χ0) is 20.3. The minimum absolute atomic E-state index is 0.0162. The third-order valence-electron chi connectivity index (χ3n) is 3.89. The Hall–Kier alpha value is -2.94. The fourth-order valence-corrected chi connectivity index (χ4v) is 3.46. The van der Waals surface area contributed by atoms with Crippen LogP contribution in [0.5, 0.6) is 5.75 Å². The molecule has 1 aromatic heterocycles. The first kappa shape index (κ1) is 19.8. The zero-order valence-electron chi connectivity index (χ0n) is 15.1. The predicted octanol–water partition coefficient (Wildman–Crippen LogP) is 3.17. The van der Waals surface area contributed by atoms with E-state index in [1.165, 1.54) is 33.7 Å². The average molecular weight is 405 g/mol. The molecule has 0 aliphatic rings. The monoisotopic (exact) mass is 405 g/mol. The number of nitrogens with zero attached hydrogens (tertiary/aromatic N) is 3. The highest BCUT2D eigenvalue weighted by Gasteiger charge is 2.15. The molecule has 28 heavy (non-hydrogen) atoms. The number of amides is 1. The molecule has 0 saturated carbocycles. The smallest absolute Gasteiger partial charge is 0.387 e. The van der Waals surface area contributed by atoms with Crippen LogP contribution < -0.4 is 10.3 Å². The lowest BCUT2D eigenvalue weighted by Crippen LogP contribution is -2.25. The standard InChI is InChI=1S/C19H17F2N3O3S/c1-23(2)16(25)11-28-19-22-15-6-4-3-5-14(15)17(26)24(19)12-7-9-13(10-8-12)27-18(20)21/h3-10,18H,11H2,1-2H3. The van der Waals surface area contributed by atoms with Crippen molar-refractivity contribution in [2.24, 2.45) is 0 Å². The molecule has 1 amide bonds. The van der Waals surface area contributed by atoms with Gasteiger partial charge in [0.05, 0.1) is 22.3 Å². The van der Waals surface area contributed by atoms with E-state index in [4.69, 9.17) is 0 Å². The normalized spacial score (nSPS) is 11.0. The van der Waals surface area contributed by atoms with Gasteiger partial charge in [0.1, 0.15) is 5.75 Å². The lowest BCUT2D eigenvalue weighted by Gasteiger charge is -2.15. The molecule has 2 aromatic carbocycles. The molecular weight excluding hydrogens is 388 g/mol. The Morgan fingerprint density at radius 2 is 1.86 bits per heavy atom. The molecule has 3 rings (SSSR count). The van der Waals surface area contributed by atoms with E-state index >= 15 is 0 Å². The number of rotatable bonds is 6. The van der Waals surface area contributed by atoms with Gasteiger partial charge in [0.2, 0.25) is 5.91 Å². The minimum Gasteiger partial charge on any atom is -0.435 e. The van der Waals surface area contributed by atoms with Crippen molar-refractivity contribution in [1.82, 2.24) is 14.5 Å². The highest BCUT2D eigenvalue weighted by Crippen LogP contribution is 2.23. The van der Waals surface area contributed by atoms with Gasteiger partial charge in [-0.05, 0) is 36.4 Å². The molecule has 0 saturated heterocycles. The largest absolute Gasteiger partial charge is 0.435 e. The molecule has 146 valence electrons. The first-order valence-corrected chi connectivity index (χ1v) is 9.25. The van der Waals surface area contributed by atoms with Crippen LogP contribution in [0, 0.1) is 0 Å². The van der Waals surface area contributed by atoms with Gasteiger partial charge in [-0.3, -0.25) is 14.2 Å². The summed E-state index contributed by atoms with van der Waals surface area (Å²) in [6.07, 6.45) is 0. The molecule has 0 aliphatic carbocycles. The number of fused-ring (bicyclic) bond motifs is 1. The number of hydrogen-bond acceptors (Lipinski definition) is 5. The van der Waals surface area contributed by atoms with Crippen LogP contribution in [0.3, 0.4) is 0 Å². The van der Waals surface area contributed by atoms with Gasteiger partial charge in [-0.1, -0.05) is 23.9 Å². The van der Waals surface area contributed by atoms with Gasteiger partial charge in [-0.25, -0.2) is 4.98 Å². The molecule has 6 nitrogen and oxygen atoms in total. The van der Waals surface area contributed by atoms with E-state index < -0.39 is 6.61 Å². The molecule has 0 unspecified atom stereocenters. The van der Waals surface area contributed by atoms with Gasteiger partial charge in [0, 0.05) is 14.1 Å². The Kier molecular flexibility index (Phi) is 5.93. The number of para-hydroxylation sites is 1. The summed E-state index contributed by atoms with van der Waals surface area (Å²) >= 11 is 1.13. The van der Waals surface area contributed by atoms with E-state index in [2.05, 4.69) is 9.72 Å². The molecule has 0 spiro atoms. The summed E-state index contributed by atoms with van der Waals surface area (Å²) in [4.78, 5) is 31.0. The van der Waals surface area contributed by atoms with Crippen LogP contribution in [0.4, 0.5) is 8.78 Å². The van der Waals surface area contributed by atoms with Gasteiger partial charge in [0.15, 0.2) is 5.16 Å². The maximum absolute atomic E-state index is 13.1. The Morgan fingerprint density at radius 3 is 2.50 bits per heavy atom. The van der Waals surface area contributed by atoms with Crippen molar-refractivity contribution >= 4 is 28.6 Å². The highest BCUT2D eigenvalue weighted by atomic mass is 32.2. The number of aromatic nitrogens is 2. The molecule has 0 bridgehead atoms. The van der Waals surface area contributed by atoms with E-state index in [0.29, 0.717) is 21.7 Å². The molecule has 0 radical (unpaired) electrons. The first-order valence-electron chi connectivity index (χ1n) is 8.27. The molecule has 1 heterocycles. The number of carbonyl (C=O) groups excluding carboxylic acids is 1. The van der Waals surface area contributed by atoms with E-state index in [-0.39, 0.29) is 23.0 Å². The van der Waals surface area contributed by atoms with E-state index in [0.717, 1.165) is 11.8 Å². The number of carbonyl (C=O) groups is 1. The van der Waals surface area contributed by atoms with Gasteiger partial charge in [-0.15, -0.1) is 0 Å². The van der Waals surface area contributed by atoms with Crippen LogP contribution in [0.1, 0.15) is 0 Å². The Balaban J connectivity index is 2.08. The van der Waals surface area contributed by atoms with Crippen molar-refractivity contribution < 1.29 is 18.3 Å². The van der Waals surface area contributed by atoms with Crippen molar-refractivity contribution in [3.63, 3.8) is 0 Å². The number of halogens is 2. The first-order chi connectivity index (χ1) is 13.4. The van der Waals surface area contributed by atoms with E-state index in [1.807, 2.05) is 0 Å². The summed E-state index contributed by atoms with van der Waals surface area (Å²) < 4.78 is 30.4. The van der Waals surface area contributed by atoms with Crippen LogP contribution in [-0.4, -0.2) is 46.8 Å². The van der Waals surface area contributed by atoms with Gasteiger partial charge >= 0.3 is 6.61 Å². The highest BCUT2D eigenvalue weighted by molar-refractivity contribution is 7.99. The van der Waals surface area contributed by atoms with Gasteiger partial charge in [-0.2, -0.15) is 8.78 Å². The predicted molar refractivity (Wildman–Crippen MR) is 103 cm³/mol. The van der Waals surface area contributed by atoms with Crippen molar-refractivity contribution in [1.29, 1.82) is 0 Å². The molecule has 0 N–H and O–H groups in total. The lowest BCUT2D eigenvalue weighted by molar-refractivity contribution is -0.125. The molecule has 0 fully saturated rings. The second kappa shape index (κ2) is 8.39. The Labute approximate surface area is 163 Å². The number of benzene rings is 2. The van der Waals surface area contributed by atoms with E-state index in [1.54, 1.807) is 38.4 Å². The summed E-state index contributed by atoms with van der Waals surface area (Å²) in [5, 5.41) is 0.750. The second-order valence-corrected chi connectivity index (χ2v) is 6.94. The van der Waals surface area contributed by atoms with Crippen LogP contribution in [0.2, 0.25) is 0 Å². The van der Waals surface area contributed by atoms with E-state index in [9.17, 15) is 18.4 Å². The SMILES string of the molecule is CN(C)C(=O)CSc1nc2ccccc2c(=O)n1-c1ccc(OC(F)F)cc1. The number of alkyl halides is 2. The summed E-state index contributed by atoms with van der Waals surface area (Å²) in [6.45, 7) is -2.93. The van der Waals surface area contributed by atoms with Crippen molar-refractivity contribution in [2.75, 3.05) is 19.8 Å². The average Bonchev–Trinajstić information content (AvgIpc) is 2.66. The quantitative estimate of drug-likeness (QED) is 0.466. The van der Waals surface area contributed by atoms with Gasteiger partial charge in [0.25, 0.3) is 5.56 Å². The summed E-state index contributed by atoms with van der Waals surface area (Å²) in [5.74, 6) is -0.0400. The van der Waals surface area contributed by atoms with Crippen molar-refractivity contribution in [3.8, 4) is 11.4 Å². The van der Waals surface area contributed by atoms with Crippen molar-refractivity contribution in [3.05, 3.63) is 58.9 Å². The third-order valence-corrected chi connectivity index (χ3v) is 4.81. The Bertz CT molecular complexity index is 1050.